The highest BCUT2D eigenvalue weighted by Gasteiger charge is 2.15. The van der Waals surface area contributed by atoms with Gasteiger partial charge in [-0.05, 0) is 37.1 Å². The van der Waals surface area contributed by atoms with E-state index in [-0.39, 0.29) is 12.5 Å². The Balaban J connectivity index is 1.52. The van der Waals surface area contributed by atoms with Crippen molar-refractivity contribution in [1.29, 1.82) is 0 Å². The van der Waals surface area contributed by atoms with Crippen LogP contribution in [0.2, 0.25) is 0 Å². The number of pyridine rings is 1. The monoisotopic (exact) mass is 405 g/mol. The SMILES string of the molecule is CCc1ccccc1NC(=O)CNC(=O)COC(=O)c1cc(C)nc2ccccc12. The number of anilines is 1. The molecule has 3 aromatic rings. The summed E-state index contributed by atoms with van der Waals surface area (Å²) < 4.78 is 5.13. The Bertz CT molecular complexity index is 1090. The van der Waals surface area contributed by atoms with E-state index >= 15 is 0 Å². The maximum absolute atomic E-state index is 12.5. The number of hydrogen-bond donors (Lipinski definition) is 2. The molecule has 1 aromatic heterocycles. The quantitative estimate of drug-likeness (QED) is 0.589. The van der Waals surface area contributed by atoms with Gasteiger partial charge in [0.1, 0.15) is 0 Å². The van der Waals surface area contributed by atoms with E-state index in [0.29, 0.717) is 27.8 Å². The molecule has 0 aliphatic heterocycles. The van der Waals surface area contributed by atoms with Crippen LogP contribution in [-0.4, -0.2) is 35.9 Å². The zero-order chi connectivity index (χ0) is 21.5. The predicted molar refractivity (Wildman–Crippen MR) is 114 cm³/mol. The van der Waals surface area contributed by atoms with Crippen molar-refractivity contribution in [2.75, 3.05) is 18.5 Å². The van der Waals surface area contributed by atoms with E-state index in [1.54, 1.807) is 37.3 Å². The second-order valence-electron chi connectivity index (χ2n) is 6.74. The number of aryl methyl sites for hydroxylation is 2. The largest absolute Gasteiger partial charge is 0.452 e. The summed E-state index contributed by atoms with van der Waals surface area (Å²) in [6.07, 6.45) is 0.780. The summed E-state index contributed by atoms with van der Waals surface area (Å²) in [4.78, 5) is 40.9. The molecule has 0 aliphatic rings. The molecule has 30 heavy (non-hydrogen) atoms. The summed E-state index contributed by atoms with van der Waals surface area (Å²) in [6, 6.07) is 16.3. The third-order valence-corrected chi connectivity index (χ3v) is 4.52. The van der Waals surface area contributed by atoms with Gasteiger partial charge in [-0.1, -0.05) is 43.3 Å². The Morgan fingerprint density at radius 1 is 1.00 bits per heavy atom. The summed E-state index contributed by atoms with van der Waals surface area (Å²) >= 11 is 0. The van der Waals surface area contributed by atoms with Gasteiger partial charge in [-0.3, -0.25) is 14.6 Å². The maximum Gasteiger partial charge on any atom is 0.339 e. The number of para-hydroxylation sites is 2. The Morgan fingerprint density at radius 3 is 2.53 bits per heavy atom. The lowest BCUT2D eigenvalue weighted by molar-refractivity contribution is -0.126. The normalized spacial score (nSPS) is 10.5. The van der Waals surface area contributed by atoms with Crippen LogP contribution < -0.4 is 10.6 Å². The topological polar surface area (TPSA) is 97.4 Å². The van der Waals surface area contributed by atoms with E-state index in [0.717, 1.165) is 12.0 Å². The van der Waals surface area contributed by atoms with Crippen LogP contribution in [0, 0.1) is 6.92 Å². The molecular weight excluding hydrogens is 382 g/mol. The molecule has 3 rings (SSSR count). The smallest absolute Gasteiger partial charge is 0.339 e. The number of rotatable bonds is 7. The Hall–Kier alpha value is -3.74. The summed E-state index contributed by atoms with van der Waals surface area (Å²) in [7, 11) is 0. The lowest BCUT2D eigenvalue weighted by Gasteiger charge is -2.11. The number of carbonyl (C=O) groups is 3. The summed E-state index contributed by atoms with van der Waals surface area (Å²) in [5.74, 6) is -1.53. The minimum absolute atomic E-state index is 0.217. The number of aromatic nitrogens is 1. The molecule has 7 nitrogen and oxygen atoms in total. The van der Waals surface area contributed by atoms with Crippen LogP contribution >= 0.6 is 0 Å². The number of hydrogen-bond acceptors (Lipinski definition) is 5. The first-order chi connectivity index (χ1) is 14.5. The third-order valence-electron chi connectivity index (χ3n) is 4.52. The van der Waals surface area contributed by atoms with Gasteiger partial charge in [0.25, 0.3) is 5.91 Å². The number of esters is 1. The second kappa shape index (κ2) is 9.65. The molecule has 0 bridgehead atoms. The lowest BCUT2D eigenvalue weighted by Crippen LogP contribution is -2.35. The molecule has 0 saturated heterocycles. The van der Waals surface area contributed by atoms with E-state index in [1.807, 2.05) is 31.2 Å². The number of nitrogens with one attached hydrogen (secondary N) is 2. The van der Waals surface area contributed by atoms with Crippen LogP contribution in [0.25, 0.3) is 10.9 Å². The number of benzene rings is 2. The fourth-order valence-corrected chi connectivity index (χ4v) is 3.06. The number of fused-ring (bicyclic) bond motifs is 1. The van der Waals surface area contributed by atoms with Gasteiger partial charge in [0.2, 0.25) is 5.91 Å². The van der Waals surface area contributed by atoms with Crippen LogP contribution in [0.4, 0.5) is 5.69 Å². The van der Waals surface area contributed by atoms with Crippen molar-refractivity contribution in [3.8, 4) is 0 Å². The molecule has 154 valence electrons. The highest BCUT2D eigenvalue weighted by molar-refractivity contribution is 6.04. The van der Waals surface area contributed by atoms with Gasteiger partial charge in [-0.25, -0.2) is 4.79 Å². The number of nitrogens with zero attached hydrogens (tertiary/aromatic N) is 1. The highest BCUT2D eigenvalue weighted by atomic mass is 16.5. The minimum atomic E-state index is -0.617. The molecule has 2 aromatic carbocycles. The van der Waals surface area contributed by atoms with Gasteiger partial charge in [0.15, 0.2) is 6.61 Å². The number of ether oxygens (including phenoxy) is 1. The summed E-state index contributed by atoms with van der Waals surface area (Å²) in [6.45, 7) is 3.08. The minimum Gasteiger partial charge on any atom is -0.452 e. The van der Waals surface area contributed by atoms with Crippen LogP contribution in [0.1, 0.15) is 28.5 Å². The first kappa shape index (κ1) is 21.0. The number of carbonyl (C=O) groups excluding carboxylic acids is 3. The van der Waals surface area contributed by atoms with E-state index in [4.69, 9.17) is 4.74 Å². The molecule has 0 aliphatic carbocycles. The van der Waals surface area contributed by atoms with Crippen LogP contribution in [0.3, 0.4) is 0 Å². The van der Waals surface area contributed by atoms with E-state index in [9.17, 15) is 14.4 Å². The van der Waals surface area contributed by atoms with Gasteiger partial charge in [-0.15, -0.1) is 0 Å². The van der Waals surface area contributed by atoms with Crippen LogP contribution in [-0.2, 0) is 20.7 Å². The van der Waals surface area contributed by atoms with Crippen molar-refractivity contribution in [2.24, 2.45) is 0 Å². The van der Waals surface area contributed by atoms with Gasteiger partial charge in [0, 0.05) is 16.8 Å². The molecule has 0 atom stereocenters. The summed E-state index contributed by atoms with van der Waals surface area (Å²) in [5, 5.41) is 5.88. The van der Waals surface area contributed by atoms with Crippen LogP contribution in [0.15, 0.2) is 54.6 Å². The fraction of sp³-hybridized carbons (Fsp3) is 0.217. The maximum atomic E-state index is 12.5. The Kier molecular flexibility index (Phi) is 6.75. The second-order valence-corrected chi connectivity index (χ2v) is 6.74. The summed E-state index contributed by atoms with van der Waals surface area (Å²) in [5.41, 5.74) is 3.42. The lowest BCUT2D eigenvalue weighted by atomic mass is 10.1. The zero-order valence-corrected chi connectivity index (χ0v) is 16.9. The molecule has 2 N–H and O–H groups in total. The highest BCUT2D eigenvalue weighted by Crippen LogP contribution is 2.19. The van der Waals surface area contributed by atoms with E-state index < -0.39 is 18.5 Å². The van der Waals surface area contributed by atoms with Gasteiger partial charge in [0.05, 0.1) is 17.6 Å². The van der Waals surface area contributed by atoms with Crippen molar-refractivity contribution in [2.45, 2.75) is 20.3 Å². The Morgan fingerprint density at radius 2 is 1.73 bits per heavy atom. The first-order valence-corrected chi connectivity index (χ1v) is 9.66. The van der Waals surface area contributed by atoms with Gasteiger partial charge < -0.3 is 15.4 Å². The Labute approximate surface area is 174 Å². The average molecular weight is 405 g/mol. The third kappa shape index (κ3) is 5.20. The van der Waals surface area contributed by atoms with Crippen molar-refractivity contribution in [3.05, 3.63) is 71.4 Å². The zero-order valence-electron chi connectivity index (χ0n) is 16.9. The molecule has 0 saturated carbocycles. The molecule has 0 unspecified atom stereocenters. The molecule has 2 amide bonds. The predicted octanol–water partition coefficient (Wildman–Crippen LogP) is 3.02. The van der Waals surface area contributed by atoms with E-state index in [2.05, 4.69) is 15.6 Å². The van der Waals surface area contributed by atoms with Crippen LogP contribution in [0.5, 0.6) is 0 Å². The van der Waals surface area contributed by atoms with Crippen molar-refractivity contribution >= 4 is 34.4 Å². The van der Waals surface area contributed by atoms with Crippen molar-refractivity contribution in [1.82, 2.24) is 10.3 Å². The molecule has 1 heterocycles. The molecule has 7 heteroatoms. The van der Waals surface area contributed by atoms with Crippen molar-refractivity contribution < 1.29 is 19.1 Å². The first-order valence-electron chi connectivity index (χ1n) is 9.66. The standard InChI is InChI=1S/C23H23N3O4/c1-3-16-8-4-6-10-19(16)26-21(27)13-24-22(28)14-30-23(29)18-12-15(2)25-20-11-7-5-9-17(18)20/h4-12H,3,13-14H2,1-2H3,(H,24,28)(H,26,27). The van der Waals surface area contributed by atoms with Gasteiger partial charge >= 0.3 is 5.97 Å². The van der Waals surface area contributed by atoms with E-state index in [1.165, 1.54) is 0 Å². The van der Waals surface area contributed by atoms with Gasteiger partial charge in [-0.2, -0.15) is 0 Å². The molecule has 0 fully saturated rings. The molecule has 0 spiro atoms. The number of amides is 2. The molecule has 0 radical (unpaired) electrons. The fourth-order valence-electron chi connectivity index (χ4n) is 3.06. The average Bonchev–Trinajstić information content (AvgIpc) is 2.75. The molecular formula is C23H23N3O4. The van der Waals surface area contributed by atoms with Crippen molar-refractivity contribution in [3.63, 3.8) is 0 Å².